The summed E-state index contributed by atoms with van der Waals surface area (Å²) in [6.45, 7) is 5.08. The van der Waals surface area contributed by atoms with Crippen LogP contribution in [0.5, 0.6) is 0 Å². The van der Waals surface area contributed by atoms with Gasteiger partial charge in [0.25, 0.3) is 0 Å². The lowest BCUT2D eigenvalue weighted by Crippen LogP contribution is -2.01. The normalized spacial score (nSPS) is 11.2. The molecular formula is C16H21NO3. The molecule has 0 fully saturated rings. The first-order chi connectivity index (χ1) is 9.58. The van der Waals surface area contributed by atoms with E-state index in [4.69, 9.17) is 9.84 Å². The van der Waals surface area contributed by atoms with Crippen molar-refractivity contribution in [2.45, 2.75) is 32.7 Å². The Balaban J connectivity index is 2.57. The molecule has 0 amide bonds. The molecule has 0 unspecified atom stereocenters. The lowest BCUT2D eigenvalue weighted by atomic mass is 10.0. The Bertz CT molecular complexity index is 613. The highest BCUT2D eigenvalue weighted by atomic mass is 16.5. The molecule has 2 aromatic rings. The van der Waals surface area contributed by atoms with E-state index in [9.17, 15) is 4.79 Å². The third-order valence-electron chi connectivity index (χ3n) is 3.53. The van der Waals surface area contributed by atoms with Crippen LogP contribution in [-0.2, 0) is 11.3 Å². The van der Waals surface area contributed by atoms with Gasteiger partial charge < -0.3 is 14.4 Å². The summed E-state index contributed by atoms with van der Waals surface area (Å²) in [5, 5.41) is 9.89. The number of nitrogens with zero attached hydrogens (tertiary/aromatic N) is 1. The summed E-state index contributed by atoms with van der Waals surface area (Å²) in [5.74, 6) is 0.0874. The predicted octanol–water partition coefficient (Wildman–Crippen LogP) is 2.93. The van der Waals surface area contributed by atoms with E-state index in [-0.39, 0.29) is 12.6 Å². The first-order valence-electron chi connectivity index (χ1n) is 6.90. The minimum Gasteiger partial charge on any atom is -0.465 e. The second-order valence-corrected chi connectivity index (χ2v) is 5.24. The Morgan fingerprint density at radius 1 is 1.40 bits per heavy atom. The number of aliphatic hydroxyl groups is 1. The SMILES string of the molecule is COC(=O)c1cn(CCCO)c2ccc(C(C)C)cc12. The number of hydrogen-bond donors (Lipinski definition) is 1. The first-order valence-corrected chi connectivity index (χ1v) is 6.90. The molecule has 0 aliphatic carbocycles. The number of esters is 1. The van der Waals surface area contributed by atoms with Crippen molar-refractivity contribution in [2.24, 2.45) is 0 Å². The number of aliphatic hydroxyl groups excluding tert-OH is 1. The smallest absolute Gasteiger partial charge is 0.340 e. The van der Waals surface area contributed by atoms with E-state index < -0.39 is 0 Å². The number of methoxy groups -OCH3 is 1. The molecule has 1 aromatic carbocycles. The predicted molar refractivity (Wildman–Crippen MR) is 79.1 cm³/mol. The van der Waals surface area contributed by atoms with Gasteiger partial charge >= 0.3 is 5.97 Å². The van der Waals surface area contributed by atoms with Gasteiger partial charge in [0, 0.05) is 30.3 Å². The lowest BCUT2D eigenvalue weighted by Gasteiger charge is -2.07. The molecule has 0 saturated carbocycles. The standard InChI is InChI=1S/C16H21NO3/c1-11(2)12-5-6-15-13(9-12)14(16(19)20-3)10-17(15)7-4-8-18/h5-6,9-11,18H,4,7-8H2,1-3H3. The highest BCUT2D eigenvalue weighted by Gasteiger charge is 2.16. The summed E-state index contributed by atoms with van der Waals surface area (Å²) in [6, 6.07) is 6.18. The molecule has 1 aromatic heterocycles. The zero-order valence-corrected chi connectivity index (χ0v) is 12.2. The number of ether oxygens (including phenoxy) is 1. The molecule has 4 nitrogen and oxygen atoms in total. The fourth-order valence-corrected chi connectivity index (χ4v) is 2.37. The van der Waals surface area contributed by atoms with E-state index in [1.54, 1.807) is 0 Å². The molecule has 0 bridgehead atoms. The van der Waals surface area contributed by atoms with Gasteiger partial charge in [0.1, 0.15) is 0 Å². The molecule has 2 rings (SSSR count). The summed E-state index contributed by atoms with van der Waals surface area (Å²) in [4.78, 5) is 11.9. The third kappa shape index (κ3) is 2.70. The van der Waals surface area contributed by atoms with Gasteiger partial charge in [0.15, 0.2) is 0 Å². The van der Waals surface area contributed by atoms with E-state index >= 15 is 0 Å². The van der Waals surface area contributed by atoms with Gasteiger partial charge in [-0.25, -0.2) is 4.79 Å². The van der Waals surface area contributed by atoms with Gasteiger partial charge in [-0.15, -0.1) is 0 Å². The van der Waals surface area contributed by atoms with Crippen molar-refractivity contribution in [3.05, 3.63) is 35.5 Å². The Hall–Kier alpha value is -1.81. The maximum Gasteiger partial charge on any atom is 0.340 e. The molecule has 1 heterocycles. The van der Waals surface area contributed by atoms with Gasteiger partial charge in [-0.3, -0.25) is 0 Å². The van der Waals surface area contributed by atoms with Crippen molar-refractivity contribution in [1.29, 1.82) is 0 Å². The lowest BCUT2D eigenvalue weighted by molar-refractivity contribution is 0.0602. The van der Waals surface area contributed by atoms with Crippen LogP contribution < -0.4 is 0 Å². The van der Waals surface area contributed by atoms with E-state index in [0.717, 1.165) is 10.9 Å². The van der Waals surface area contributed by atoms with Gasteiger partial charge in [-0.1, -0.05) is 19.9 Å². The minimum absolute atomic E-state index is 0.136. The number of hydrogen-bond acceptors (Lipinski definition) is 3. The van der Waals surface area contributed by atoms with Crippen molar-refractivity contribution >= 4 is 16.9 Å². The van der Waals surface area contributed by atoms with Gasteiger partial charge in [0.2, 0.25) is 0 Å². The number of aryl methyl sites for hydroxylation is 1. The molecule has 20 heavy (non-hydrogen) atoms. The van der Waals surface area contributed by atoms with Crippen LogP contribution in [0.2, 0.25) is 0 Å². The minimum atomic E-state index is -0.321. The van der Waals surface area contributed by atoms with E-state index in [2.05, 4.69) is 26.0 Å². The number of benzene rings is 1. The number of carbonyl (C=O) groups is 1. The highest BCUT2D eigenvalue weighted by molar-refractivity contribution is 6.04. The molecule has 1 N–H and O–H groups in total. The first kappa shape index (κ1) is 14.6. The molecule has 0 spiro atoms. The van der Waals surface area contributed by atoms with Crippen LogP contribution >= 0.6 is 0 Å². The van der Waals surface area contributed by atoms with Crippen molar-refractivity contribution in [3.8, 4) is 0 Å². The average molecular weight is 275 g/mol. The quantitative estimate of drug-likeness (QED) is 0.854. The second-order valence-electron chi connectivity index (χ2n) is 5.24. The van der Waals surface area contributed by atoms with Crippen molar-refractivity contribution in [3.63, 3.8) is 0 Å². The molecule has 0 atom stereocenters. The third-order valence-corrected chi connectivity index (χ3v) is 3.53. The average Bonchev–Trinajstić information content (AvgIpc) is 2.82. The number of aromatic nitrogens is 1. The topological polar surface area (TPSA) is 51.5 Å². The molecule has 0 aliphatic heterocycles. The van der Waals surface area contributed by atoms with Crippen LogP contribution in [0.1, 0.15) is 42.1 Å². The fourth-order valence-electron chi connectivity index (χ4n) is 2.37. The second kappa shape index (κ2) is 6.09. The van der Waals surface area contributed by atoms with Gasteiger partial charge in [-0.05, 0) is 30.0 Å². The van der Waals surface area contributed by atoms with Crippen LogP contribution in [-0.4, -0.2) is 29.4 Å². The van der Waals surface area contributed by atoms with Gasteiger partial charge in [-0.2, -0.15) is 0 Å². The molecule has 0 saturated heterocycles. The molecule has 0 radical (unpaired) electrons. The molecular weight excluding hydrogens is 254 g/mol. The van der Waals surface area contributed by atoms with E-state index in [1.807, 2.05) is 16.8 Å². The zero-order chi connectivity index (χ0) is 14.7. The van der Waals surface area contributed by atoms with Crippen LogP contribution in [0, 0.1) is 0 Å². The summed E-state index contributed by atoms with van der Waals surface area (Å²) in [7, 11) is 1.39. The maximum absolute atomic E-state index is 11.9. The van der Waals surface area contributed by atoms with Crippen molar-refractivity contribution in [1.82, 2.24) is 4.57 Å². The largest absolute Gasteiger partial charge is 0.465 e. The number of fused-ring (bicyclic) bond motifs is 1. The summed E-state index contributed by atoms with van der Waals surface area (Å²) >= 11 is 0. The molecule has 108 valence electrons. The summed E-state index contributed by atoms with van der Waals surface area (Å²) in [6.07, 6.45) is 2.48. The Morgan fingerprint density at radius 3 is 2.75 bits per heavy atom. The fraction of sp³-hybridized carbons (Fsp3) is 0.438. The Morgan fingerprint density at radius 2 is 2.15 bits per heavy atom. The summed E-state index contributed by atoms with van der Waals surface area (Å²) in [5.41, 5.74) is 2.79. The number of carbonyl (C=O) groups excluding carboxylic acids is 1. The maximum atomic E-state index is 11.9. The van der Waals surface area contributed by atoms with E-state index in [1.165, 1.54) is 12.7 Å². The van der Waals surface area contributed by atoms with Gasteiger partial charge in [0.05, 0.1) is 12.7 Å². The van der Waals surface area contributed by atoms with Crippen LogP contribution in [0.15, 0.2) is 24.4 Å². The van der Waals surface area contributed by atoms with Crippen LogP contribution in [0.4, 0.5) is 0 Å². The van der Waals surface area contributed by atoms with Crippen molar-refractivity contribution in [2.75, 3.05) is 13.7 Å². The highest BCUT2D eigenvalue weighted by Crippen LogP contribution is 2.26. The van der Waals surface area contributed by atoms with Crippen LogP contribution in [0.3, 0.4) is 0 Å². The zero-order valence-electron chi connectivity index (χ0n) is 12.2. The Kier molecular flexibility index (Phi) is 4.45. The van der Waals surface area contributed by atoms with Crippen LogP contribution in [0.25, 0.3) is 10.9 Å². The van der Waals surface area contributed by atoms with E-state index in [0.29, 0.717) is 24.4 Å². The molecule has 4 heteroatoms. The monoisotopic (exact) mass is 275 g/mol. The Labute approximate surface area is 119 Å². The molecule has 0 aliphatic rings. The number of rotatable bonds is 5. The summed E-state index contributed by atoms with van der Waals surface area (Å²) < 4.78 is 6.86. The van der Waals surface area contributed by atoms with Crippen molar-refractivity contribution < 1.29 is 14.6 Å².